The van der Waals surface area contributed by atoms with Gasteiger partial charge >= 0.3 is 0 Å². The quantitative estimate of drug-likeness (QED) is 0.293. The fourth-order valence-electron chi connectivity index (χ4n) is 1.81. The van der Waals surface area contributed by atoms with Gasteiger partial charge in [-0.2, -0.15) is 4.31 Å². The summed E-state index contributed by atoms with van der Waals surface area (Å²) in [5, 5.41) is 18.7. The van der Waals surface area contributed by atoms with Crippen molar-refractivity contribution in [3.05, 3.63) is 4.60 Å². The largest absolute Gasteiger partial charge is 0.409 e. The number of halogens is 1. The number of aryl methyl sites for hydroxylation is 1. The van der Waals surface area contributed by atoms with Crippen LogP contribution in [-0.4, -0.2) is 64.6 Å². The fraction of sp³-hybridized carbons (Fsp3) is 0.625. The molecule has 0 radical (unpaired) electrons. The minimum absolute atomic E-state index is 0.0458. The molecule has 1 aliphatic heterocycles. The average Bonchev–Trinajstić information content (AvgIpc) is 2.78. The highest BCUT2D eigenvalue weighted by molar-refractivity contribution is 9.10. The van der Waals surface area contributed by atoms with Crippen LogP contribution in [0, 0.1) is 0 Å². The molecule has 1 aliphatic rings. The Bertz CT molecular complexity index is 609. The lowest BCUT2D eigenvalue weighted by atomic mass is 10.3. The molecule has 20 heavy (non-hydrogen) atoms. The number of hydrogen-bond donors (Lipinski definition) is 2. The van der Waals surface area contributed by atoms with Gasteiger partial charge in [-0.1, -0.05) is 10.4 Å². The SMILES string of the molecule is Cn1nnc(Br)c1S(=O)(=O)N1CCOC(C(N)=NO)C1. The molecule has 1 aromatic heterocycles. The second kappa shape index (κ2) is 5.63. The predicted octanol–water partition coefficient (Wildman–Crippen LogP) is -1.29. The number of nitrogens with two attached hydrogens (primary N) is 1. The Balaban J connectivity index is 2.31. The van der Waals surface area contributed by atoms with E-state index in [1.807, 2.05) is 0 Å². The van der Waals surface area contributed by atoms with Crippen molar-refractivity contribution in [3.8, 4) is 0 Å². The molecule has 2 heterocycles. The normalized spacial score (nSPS) is 22.1. The average molecular weight is 369 g/mol. The predicted molar refractivity (Wildman–Crippen MR) is 70.6 cm³/mol. The summed E-state index contributed by atoms with van der Waals surface area (Å²) in [5.41, 5.74) is 5.45. The number of oxime groups is 1. The molecule has 0 saturated carbocycles. The van der Waals surface area contributed by atoms with Gasteiger partial charge < -0.3 is 15.7 Å². The maximum absolute atomic E-state index is 12.5. The lowest BCUT2D eigenvalue weighted by molar-refractivity contribution is 0.0353. The minimum Gasteiger partial charge on any atom is -0.409 e. The molecule has 112 valence electrons. The summed E-state index contributed by atoms with van der Waals surface area (Å²) in [6, 6.07) is 0. The van der Waals surface area contributed by atoms with Gasteiger partial charge in [-0.25, -0.2) is 13.1 Å². The van der Waals surface area contributed by atoms with Crippen molar-refractivity contribution in [2.45, 2.75) is 11.1 Å². The van der Waals surface area contributed by atoms with Gasteiger partial charge in [0.25, 0.3) is 10.0 Å². The maximum atomic E-state index is 12.5. The molecule has 1 unspecified atom stereocenters. The van der Waals surface area contributed by atoms with E-state index in [4.69, 9.17) is 15.7 Å². The molecule has 0 spiro atoms. The summed E-state index contributed by atoms with van der Waals surface area (Å²) in [5.74, 6) is -0.174. The van der Waals surface area contributed by atoms with Crippen LogP contribution in [0.3, 0.4) is 0 Å². The number of ether oxygens (including phenoxy) is 1. The number of sulfonamides is 1. The molecule has 0 aliphatic carbocycles. The molecule has 0 amide bonds. The van der Waals surface area contributed by atoms with E-state index < -0.39 is 16.1 Å². The van der Waals surface area contributed by atoms with Crippen molar-refractivity contribution in [3.63, 3.8) is 0 Å². The first-order chi connectivity index (χ1) is 9.37. The highest BCUT2D eigenvalue weighted by Crippen LogP contribution is 2.23. The molecule has 0 aromatic carbocycles. The fourth-order valence-corrected chi connectivity index (χ4v) is 4.26. The zero-order valence-corrected chi connectivity index (χ0v) is 12.9. The standard InChI is InChI=1S/C8H13BrN6O4S/c1-14-8(6(9)11-13-14)20(17,18)15-2-3-19-5(4-15)7(10)12-16/h5,16H,2-4H2,1H3,(H2,10,12). The van der Waals surface area contributed by atoms with Crippen LogP contribution in [0.5, 0.6) is 0 Å². The molecule has 0 bridgehead atoms. The van der Waals surface area contributed by atoms with Crippen molar-refractivity contribution in [2.75, 3.05) is 19.7 Å². The lowest BCUT2D eigenvalue weighted by Gasteiger charge is -2.31. The van der Waals surface area contributed by atoms with Gasteiger partial charge in [-0.05, 0) is 15.9 Å². The van der Waals surface area contributed by atoms with Crippen LogP contribution >= 0.6 is 15.9 Å². The monoisotopic (exact) mass is 368 g/mol. The molecule has 1 saturated heterocycles. The van der Waals surface area contributed by atoms with Crippen LogP contribution in [0.4, 0.5) is 0 Å². The van der Waals surface area contributed by atoms with Crippen molar-refractivity contribution in [1.82, 2.24) is 19.3 Å². The van der Waals surface area contributed by atoms with Gasteiger partial charge in [0, 0.05) is 20.1 Å². The number of nitrogens with zero attached hydrogens (tertiary/aromatic N) is 5. The summed E-state index contributed by atoms with van der Waals surface area (Å²) in [7, 11) is -2.32. The summed E-state index contributed by atoms with van der Waals surface area (Å²) in [4.78, 5) is 0. The third-order valence-corrected chi connectivity index (χ3v) is 5.55. The second-order valence-corrected chi connectivity index (χ2v) is 6.66. The summed E-state index contributed by atoms with van der Waals surface area (Å²) >= 11 is 3.06. The summed E-state index contributed by atoms with van der Waals surface area (Å²) < 4.78 is 32.8. The van der Waals surface area contributed by atoms with Crippen LogP contribution in [-0.2, 0) is 21.8 Å². The Morgan fingerprint density at radius 2 is 2.35 bits per heavy atom. The van der Waals surface area contributed by atoms with Gasteiger partial charge in [-0.3, -0.25) is 0 Å². The number of amidine groups is 1. The highest BCUT2D eigenvalue weighted by atomic mass is 79.9. The second-order valence-electron chi connectivity index (χ2n) is 4.06. The van der Waals surface area contributed by atoms with Gasteiger partial charge in [0.05, 0.1) is 6.61 Å². The van der Waals surface area contributed by atoms with E-state index in [2.05, 4.69) is 31.4 Å². The first kappa shape index (κ1) is 15.2. The number of morpholine rings is 1. The molecule has 10 nitrogen and oxygen atoms in total. The van der Waals surface area contributed by atoms with Crippen LogP contribution in [0.15, 0.2) is 14.8 Å². The molecular formula is C8H13BrN6O4S. The Kier molecular flexibility index (Phi) is 4.27. The van der Waals surface area contributed by atoms with E-state index in [1.54, 1.807) is 0 Å². The van der Waals surface area contributed by atoms with Crippen molar-refractivity contribution >= 4 is 31.8 Å². The molecule has 1 fully saturated rings. The molecule has 12 heteroatoms. The zero-order valence-electron chi connectivity index (χ0n) is 10.5. The Hall–Kier alpha value is -1.24. The number of rotatable bonds is 3. The van der Waals surface area contributed by atoms with Crippen LogP contribution < -0.4 is 5.73 Å². The number of hydrogen-bond acceptors (Lipinski definition) is 7. The van der Waals surface area contributed by atoms with Crippen LogP contribution in [0.25, 0.3) is 0 Å². The van der Waals surface area contributed by atoms with Gasteiger partial charge in [-0.15, -0.1) is 5.10 Å². The maximum Gasteiger partial charge on any atom is 0.263 e. The van der Waals surface area contributed by atoms with Gasteiger partial charge in [0.2, 0.25) is 5.03 Å². The van der Waals surface area contributed by atoms with E-state index in [0.29, 0.717) is 0 Å². The molecular weight excluding hydrogens is 356 g/mol. The van der Waals surface area contributed by atoms with E-state index >= 15 is 0 Å². The van der Waals surface area contributed by atoms with Gasteiger partial charge in [0.15, 0.2) is 10.4 Å². The summed E-state index contributed by atoms with van der Waals surface area (Å²) in [6.45, 7) is 0.258. The molecule has 3 N–H and O–H groups in total. The van der Waals surface area contributed by atoms with Crippen LogP contribution in [0.1, 0.15) is 0 Å². The third-order valence-electron chi connectivity index (χ3n) is 2.80. The zero-order chi connectivity index (χ0) is 14.9. The topological polar surface area (TPSA) is 136 Å². The molecule has 2 rings (SSSR count). The van der Waals surface area contributed by atoms with Crippen molar-refractivity contribution in [2.24, 2.45) is 17.9 Å². The van der Waals surface area contributed by atoms with E-state index in [1.165, 1.54) is 11.4 Å². The molecule has 1 atom stereocenters. The Morgan fingerprint density at radius 1 is 1.65 bits per heavy atom. The lowest BCUT2D eigenvalue weighted by Crippen LogP contribution is -2.50. The highest BCUT2D eigenvalue weighted by Gasteiger charge is 2.36. The smallest absolute Gasteiger partial charge is 0.263 e. The van der Waals surface area contributed by atoms with Crippen LogP contribution in [0.2, 0.25) is 0 Å². The summed E-state index contributed by atoms with van der Waals surface area (Å²) in [6.07, 6.45) is -0.788. The number of aromatic nitrogens is 3. The Morgan fingerprint density at radius 3 is 2.90 bits per heavy atom. The molecule has 1 aromatic rings. The first-order valence-corrected chi connectivity index (χ1v) is 7.75. The van der Waals surface area contributed by atoms with E-state index in [9.17, 15) is 8.42 Å². The Labute approximate surface area is 123 Å². The minimum atomic E-state index is -3.80. The van der Waals surface area contributed by atoms with Crippen molar-refractivity contribution in [1.29, 1.82) is 0 Å². The van der Waals surface area contributed by atoms with E-state index in [0.717, 1.165) is 4.68 Å². The van der Waals surface area contributed by atoms with E-state index in [-0.39, 0.29) is 35.2 Å². The third kappa shape index (κ3) is 2.63. The van der Waals surface area contributed by atoms with Gasteiger partial charge in [0.1, 0.15) is 6.10 Å². The first-order valence-electron chi connectivity index (χ1n) is 5.52. The van der Waals surface area contributed by atoms with Crippen molar-refractivity contribution < 1.29 is 18.4 Å².